The largest absolute Gasteiger partial charge is 0.870 e. The van der Waals surface area contributed by atoms with E-state index in [1.165, 1.54) is 45.1 Å². The summed E-state index contributed by atoms with van der Waals surface area (Å²) in [6, 6.07) is 0. The van der Waals surface area contributed by atoms with Crippen LogP contribution in [0, 0.1) is 0 Å². The highest BCUT2D eigenvalue weighted by atomic mass is 16.0. The molecule has 0 fully saturated rings. The average molecular weight is 212 g/mol. The van der Waals surface area contributed by atoms with Crippen molar-refractivity contribution >= 4 is 0 Å². The molecular formula is C12H24N2O. The van der Waals surface area contributed by atoms with Gasteiger partial charge in [0.15, 0.2) is 0 Å². The zero-order valence-corrected chi connectivity index (χ0v) is 10.0. The Labute approximate surface area is 93.0 Å². The lowest BCUT2D eigenvalue weighted by atomic mass is 10.1. The SMILES string of the molecule is CCCCCCCCn1cc[n+](C)c1.[OH-]. The van der Waals surface area contributed by atoms with Gasteiger partial charge in [0.05, 0.1) is 13.6 Å². The number of hydrogen-bond donors (Lipinski definition) is 0. The second-order valence-electron chi connectivity index (χ2n) is 4.08. The molecular weight excluding hydrogens is 188 g/mol. The van der Waals surface area contributed by atoms with Crippen molar-refractivity contribution in [3.05, 3.63) is 18.7 Å². The van der Waals surface area contributed by atoms with Crippen molar-refractivity contribution in [3.8, 4) is 0 Å². The summed E-state index contributed by atoms with van der Waals surface area (Å²) >= 11 is 0. The summed E-state index contributed by atoms with van der Waals surface area (Å²) in [5.74, 6) is 0. The Kier molecular flexibility index (Phi) is 8.01. The Hall–Kier alpha value is -0.830. The van der Waals surface area contributed by atoms with Gasteiger partial charge in [0.2, 0.25) is 6.33 Å². The first-order valence-electron chi connectivity index (χ1n) is 5.84. The molecule has 3 nitrogen and oxygen atoms in total. The van der Waals surface area contributed by atoms with E-state index >= 15 is 0 Å². The number of imidazole rings is 1. The Balaban J connectivity index is 0.00000196. The molecule has 1 rings (SSSR count). The highest BCUT2D eigenvalue weighted by Gasteiger charge is 1.98. The molecule has 0 atom stereocenters. The van der Waals surface area contributed by atoms with Crippen LogP contribution in [0.4, 0.5) is 0 Å². The van der Waals surface area contributed by atoms with Gasteiger partial charge >= 0.3 is 0 Å². The Morgan fingerprint density at radius 3 is 2.33 bits per heavy atom. The van der Waals surface area contributed by atoms with E-state index in [0.29, 0.717) is 0 Å². The molecule has 88 valence electrons. The van der Waals surface area contributed by atoms with Gasteiger partial charge in [0, 0.05) is 0 Å². The topological polar surface area (TPSA) is 38.8 Å². The van der Waals surface area contributed by atoms with Gasteiger partial charge in [-0.25, -0.2) is 9.13 Å². The zero-order valence-electron chi connectivity index (χ0n) is 10.0. The molecule has 0 bridgehead atoms. The first kappa shape index (κ1) is 14.2. The van der Waals surface area contributed by atoms with E-state index in [4.69, 9.17) is 0 Å². The van der Waals surface area contributed by atoms with Gasteiger partial charge < -0.3 is 5.48 Å². The number of nitrogens with zero attached hydrogens (tertiary/aromatic N) is 2. The monoisotopic (exact) mass is 212 g/mol. The minimum Gasteiger partial charge on any atom is -0.870 e. The summed E-state index contributed by atoms with van der Waals surface area (Å²) in [6.07, 6.45) is 14.6. The minimum atomic E-state index is 0. The van der Waals surface area contributed by atoms with Gasteiger partial charge in [0.1, 0.15) is 12.4 Å². The fraction of sp³-hybridized carbons (Fsp3) is 0.750. The molecule has 0 aliphatic heterocycles. The maximum Gasteiger partial charge on any atom is 0.243 e. The van der Waals surface area contributed by atoms with E-state index in [2.05, 4.69) is 41.8 Å². The normalized spacial score (nSPS) is 10.0. The minimum absolute atomic E-state index is 0. The van der Waals surface area contributed by atoms with E-state index in [-0.39, 0.29) is 5.48 Å². The van der Waals surface area contributed by atoms with E-state index in [0.717, 1.165) is 0 Å². The molecule has 0 saturated carbocycles. The summed E-state index contributed by atoms with van der Waals surface area (Å²) in [4.78, 5) is 0. The van der Waals surface area contributed by atoms with Crippen LogP contribution in [0.5, 0.6) is 0 Å². The molecule has 0 aliphatic rings. The van der Waals surface area contributed by atoms with E-state index in [1.807, 2.05) is 0 Å². The molecule has 1 heterocycles. The first-order valence-corrected chi connectivity index (χ1v) is 5.84. The van der Waals surface area contributed by atoms with Crippen LogP contribution in [0.25, 0.3) is 0 Å². The molecule has 1 aromatic rings. The van der Waals surface area contributed by atoms with Gasteiger partial charge in [-0.1, -0.05) is 32.6 Å². The van der Waals surface area contributed by atoms with Crippen molar-refractivity contribution in [1.29, 1.82) is 0 Å². The van der Waals surface area contributed by atoms with Gasteiger partial charge in [-0.3, -0.25) is 0 Å². The van der Waals surface area contributed by atoms with Crippen LogP contribution in [0.3, 0.4) is 0 Å². The fourth-order valence-electron chi connectivity index (χ4n) is 1.71. The third kappa shape index (κ3) is 6.28. The van der Waals surface area contributed by atoms with Crippen LogP contribution in [-0.2, 0) is 13.6 Å². The van der Waals surface area contributed by atoms with Crippen molar-refractivity contribution in [2.45, 2.75) is 52.0 Å². The molecule has 1 N–H and O–H groups in total. The molecule has 0 saturated heterocycles. The lowest BCUT2D eigenvalue weighted by molar-refractivity contribution is -0.671. The highest BCUT2D eigenvalue weighted by Crippen LogP contribution is 2.05. The molecule has 0 aromatic carbocycles. The molecule has 3 heteroatoms. The van der Waals surface area contributed by atoms with Crippen molar-refractivity contribution < 1.29 is 10.0 Å². The molecule has 1 aromatic heterocycles. The Bertz CT molecular complexity index is 246. The number of hydrogen-bond acceptors (Lipinski definition) is 1. The van der Waals surface area contributed by atoms with Crippen LogP contribution >= 0.6 is 0 Å². The van der Waals surface area contributed by atoms with Crippen molar-refractivity contribution in [2.75, 3.05) is 0 Å². The van der Waals surface area contributed by atoms with Crippen molar-refractivity contribution in [3.63, 3.8) is 0 Å². The maximum atomic E-state index is 2.26. The first-order chi connectivity index (χ1) is 6.83. The van der Waals surface area contributed by atoms with Crippen LogP contribution in [-0.4, -0.2) is 10.0 Å². The number of unbranched alkanes of at least 4 members (excludes halogenated alkanes) is 5. The third-order valence-electron chi connectivity index (χ3n) is 2.59. The van der Waals surface area contributed by atoms with Gasteiger partial charge in [-0.2, -0.15) is 0 Å². The molecule has 0 spiro atoms. The summed E-state index contributed by atoms with van der Waals surface area (Å²) in [7, 11) is 2.07. The molecule has 15 heavy (non-hydrogen) atoms. The van der Waals surface area contributed by atoms with E-state index in [9.17, 15) is 0 Å². The van der Waals surface area contributed by atoms with Crippen LogP contribution in [0.1, 0.15) is 45.4 Å². The highest BCUT2D eigenvalue weighted by molar-refractivity contribution is 4.65. The van der Waals surface area contributed by atoms with Crippen LogP contribution in [0.2, 0.25) is 0 Å². The van der Waals surface area contributed by atoms with Crippen LogP contribution in [0.15, 0.2) is 18.7 Å². The third-order valence-corrected chi connectivity index (χ3v) is 2.59. The standard InChI is InChI=1S/C12H23N2.H2O/c1-3-4-5-6-7-8-9-14-11-10-13(2)12-14;/h10-12H,3-9H2,1-2H3;1H2/q+1;/p-1. The molecule has 0 amide bonds. The predicted molar refractivity (Wildman–Crippen MR) is 60.9 cm³/mol. The lowest BCUT2D eigenvalue weighted by Crippen LogP contribution is -2.23. The number of rotatable bonds is 7. The summed E-state index contributed by atoms with van der Waals surface area (Å²) < 4.78 is 4.36. The molecule has 0 aliphatic carbocycles. The van der Waals surface area contributed by atoms with E-state index in [1.54, 1.807) is 0 Å². The second kappa shape index (κ2) is 8.48. The zero-order chi connectivity index (χ0) is 10.2. The maximum absolute atomic E-state index is 2.26. The van der Waals surface area contributed by atoms with Crippen molar-refractivity contribution in [2.24, 2.45) is 7.05 Å². The van der Waals surface area contributed by atoms with Gasteiger partial charge in [-0.05, 0) is 12.8 Å². The van der Waals surface area contributed by atoms with Crippen molar-refractivity contribution in [1.82, 2.24) is 4.57 Å². The fourth-order valence-corrected chi connectivity index (χ4v) is 1.71. The second-order valence-corrected chi connectivity index (χ2v) is 4.08. The predicted octanol–water partition coefficient (Wildman–Crippen LogP) is 2.50. The average Bonchev–Trinajstić information content (AvgIpc) is 2.58. The summed E-state index contributed by atoms with van der Waals surface area (Å²) in [5, 5.41) is 0. The van der Waals surface area contributed by atoms with E-state index < -0.39 is 0 Å². The quantitative estimate of drug-likeness (QED) is 0.505. The summed E-state index contributed by atoms with van der Waals surface area (Å²) in [6.45, 7) is 3.44. The lowest BCUT2D eigenvalue weighted by Gasteiger charge is -1.98. The van der Waals surface area contributed by atoms with Gasteiger partial charge in [0.25, 0.3) is 0 Å². The molecule has 0 radical (unpaired) electrons. The number of aryl methyl sites for hydroxylation is 2. The summed E-state index contributed by atoms with van der Waals surface area (Å²) in [5.41, 5.74) is 0. The van der Waals surface area contributed by atoms with Gasteiger partial charge in [-0.15, -0.1) is 0 Å². The Morgan fingerprint density at radius 1 is 1.07 bits per heavy atom. The number of aromatic nitrogens is 2. The smallest absolute Gasteiger partial charge is 0.243 e. The molecule has 0 unspecified atom stereocenters. The van der Waals surface area contributed by atoms with Crippen LogP contribution < -0.4 is 4.57 Å². The Morgan fingerprint density at radius 2 is 1.73 bits per heavy atom.